The molecule has 2 fully saturated rings. The first-order valence-electron chi connectivity index (χ1n) is 9.91. The lowest BCUT2D eigenvalue weighted by molar-refractivity contribution is 0.0331. The number of carbonyl (C=O) groups excluding carboxylic acids is 1. The molecule has 144 valence electrons. The van der Waals surface area contributed by atoms with E-state index in [1.165, 1.54) is 6.42 Å². The van der Waals surface area contributed by atoms with E-state index >= 15 is 0 Å². The maximum Gasteiger partial charge on any atom is 0.276 e. The van der Waals surface area contributed by atoms with Crippen molar-refractivity contribution in [2.45, 2.75) is 19.3 Å². The standard InChI is InChI=1S/C21H27N3O3/c25-21(19-16-20(27-22-19)18-4-2-1-3-5-18)24-10-7-17(8-11-24)6-9-23-12-14-26-15-13-23/h1-5,16-17H,6-15H2. The van der Waals surface area contributed by atoms with Gasteiger partial charge in [-0.2, -0.15) is 0 Å². The molecule has 1 aromatic carbocycles. The number of piperidine rings is 1. The summed E-state index contributed by atoms with van der Waals surface area (Å²) in [6, 6.07) is 11.5. The van der Waals surface area contributed by atoms with Gasteiger partial charge >= 0.3 is 0 Å². The van der Waals surface area contributed by atoms with Gasteiger partial charge in [-0.25, -0.2) is 0 Å². The molecule has 1 amide bonds. The van der Waals surface area contributed by atoms with Crippen molar-refractivity contribution in [3.05, 3.63) is 42.1 Å². The third-order valence-corrected chi connectivity index (χ3v) is 5.65. The molecular weight excluding hydrogens is 342 g/mol. The molecule has 6 heteroatoms. The van der Waals surface area contributed by atoms with Gasteiger partial charge in [0.1, 0.15) is 0 Å². The molecule has 2 aliphatic rings. The fraction of sp³-hybridized carbons (Fsp3) is 0.524. The third-order valence-electron chi connectivity index (χ3n) is 5.65. The molecule has 4 rings (SSSR count). The summed E-state index contributed by atoms with van der Waals surface area (Å²) in [4.78, 5) is 17.1. The van der Waals surface area contributed by atoms with E-state index in [2.05, 4.69) is 10.1 Å². The third kappa shape index (κ3) is 4.57. The highest BCUT2D eigenvalue weighted by Crippen LogP contribution is 2.24. The average Bonchev–Trinajstić information content (AvgIpc) is 3.24. The Morgan fingerprint density at radius 1 is 1.07 bits per heavy atom. The summed E-state index contributed by atoms with van der Waals surface area (Å²) < 4.78 is 10.8. The van der Waals surface area contributed by atoms with Crippen LogP contribution in [0.4, 0.5) is 0 Å². The molecule has 6 nitrogen and oxygen atoms in total. The van der Waals surface area contributed by atoms with Crippen LogP contribution in [0.25, 0.3) is 11.3 Å². The Balaban J connectivity index is 1.27. The van der Waals surface area contributed by atoms with Crippen LogP contribution in [0.15, 0.2) is 40.9 Å². The van der Waals surface area contributed by atoms with Gasteiger partial charge in [0.25, 0.3) is 5.91 Å². The Labute approximate surface area is 160 Å². The van der Waals surface area contributed by atoms with Crippen LogP contribution in [0, 0.1) is 5.92 Å². The summed E-state index contributed by atoms with van der Waals surface area (Å²) in [5.41, 5.74) is 1.34. The maximum atomic E-state index is 12.7. The summed E-state index contributed by atoms with van der Waals surface area (Å²) in [7, 11) is 0. The molecular formula is C21H27N3O3. The van der Waals surface area contributed by atoms with Crippen molar-refractivity contribution in [2.24, 2.45) is 5.92 Å². The predicted molar refractivity (Wildman–Crippen MR) is 102 cm³/mol. The first-order valence-corrected chi connectivity index (χ1v) is 9.91. The van der Waals surface area contributed by atoms with Crippen LogP contribution in [0.2, 0.25) is 0 Å². The van der Waals surface area contributed by atoms with Crippen LogP contribution in [0.3, 0.4) is 0 Å². The second-order valence-corrected chi connectivity index (χ2v) is 7.42. The minimum absolute atomic E-state index is 0.0208. The average molecular weight is 369 g/mol. The summed E-state index contributed by atoms with van der Waals surface area (Å²) in [5, 5.41) is 4.00. The minimum Gasteiger partial charge on any atom is -0.379 e. The normalized spacial score (nSPS) is 19.3. The van der Waals surface area contributed by atoms with Gasteiger partial charge in [-0.1, -0.05) is 35.5 Å². The van der Waals surface area contributed by atoms with Gasteiger partial charge in [0.15, 0.2) is 11.5 Å². The summed E-state index contributed by atoms with van der Waals surface area (Å²) in [5.74, 6) is 1.32. The highest BCUT2D eigenvalue weighted by atomic mass is 16.5. The Morgan fingerprint density at radius 2 is 1.81 bits per heavy atom. The van der Waals surface area contributed by atoms with Crippen LogP contribution in [0.5, 0.6) is 0 Å². The number of nitrogens with zero attached hydrogens (tertiary/aromatic N) is 3. The largest absolute Gasteiger partial charge is 0.379 e. The maximum absolute atomic E-state index is 12.7. The summed E-state index contributed by atoms with van der Waals surface area (Å²) in [6.45, 7) is 6.57. The van der Waals surface area contributed by atoms with Gasteiger partial charge < -0.3 is 14.2 Å². The first kappa shape index (κ1) is 18.2. The molecule has 0 spiro atoms. The van der Waals surface area contributed by atoms with E-state index in [1.54, 1.807) is 6.07 Å². The van der Waals surface area contributed by atoms with Gasteiger partial charge in [0.05, 0.1) is 13.2 Å². The van der Waals surface area contributed by atoms with Crippen molar-refractivity contribution in [1.29, 1.82) is 0 Å². The number of morpholine rings is 1. The Hall–Kier alpha value is -2.18. The number of hydrogen-bond donors (Lipinski definition) is 0. The summed E-state index contributed by atoms with van der Waals surface area (Å²) >= 11 is 0. The molecule has 0 N–H and O–H groups in total. The number of aromatic nitrogens is 1. The first-order chi connectivity index (χ1) is 13.3. The van der Waals surface area contributed by atoms with Crippen molar-refractivity contribution >= 4 is 5.91 Å². The zero-order valence-electron chi connectivity index (χ0n) is 15.7. The fourth-order valence-corrected chi connectivity index (χ4v) is 3.89. The topological polar surface area (TPSA) is 58.8 Å². The monoisotopic (exact) mass is 369 g/mol. The van der Waals surface area contributed by atoms with Crippen molar-refractivity contribution in [2.75, 3.05) is 45.9 Å². The number of likely N-dealkylation sites (tertiary alicyclic amines) is 1. The van der Waals surface area contributed by atoms with Crippen molar-refractivity contribution in [3.63, 3.8) is 0 Å². The quantitative estimate of drug-likeness (QED) is 0.811. The molecule has 0 unspecified atom stereocenters. The highest BCUT2D eigenvalue weighted by molar-refractivity contribution is 5.93. The zero-order valence-corrected chi connectivity index (χ0v) is 15.7. The van der Waals surface area contributed by atoms with E-state index in [0.29, 0.717) is 17.4 Å². The lowest BCUT2D eigenvalue weighted by Crippen LogP contribution is -2.40. The van der Waals surface area contributed by atoms with Crippen molar-refractivity contribution < 1.29 is 14.1 Å². The molecule has 0 atom stereocenters. The van der Waals surface area contributed by atoms with Crippen LogP contribution in [0.1, 0.15) is 29.8 Å². The Bertz CT molecular complexity index is 732. The van der Waals surface area contributed by atoms with E-state index in [1.807, 2.05) is 35.2 Å². The molecule has 0 saturated carbocycles. The SMILES string of the molecule is O=C(c1cc(-c2ccccc2)on1)N1CCC(CCN2CCOCC2)CC1. The number of benzene rings is 1. The zero-order chi connectivity index (χ0) is 18.5. The molecule has 0 bridgehead atoms. The molecule has 0 radical (unpaired) electrons. The van der Waals surface area contributed by atoms with Crippen molar-refractivity contribution in [1.82, 2.24) is 15.0 Å². The molecule has 2 aliphatic heterocycles. The Morgan fingerprint density at radius 3 is 2.56 bits per heavy atom. The predicted octanol–water partition coefficient (Wildman–Crippen LogP) is 2.92. The molecule has 0 aliphatic carbocycles. The van der Waals surface area contributed by atoms with Crippen LogP contribution in [-0.2, 0) is 4.74 Å². The van der Waals surface area contributed by atoms with Gasteiger partial charge in [0, 0.05) is 37.8 Å². The van der Waals surface area contributed by atoms with E-state index in [4.69, 9.17) is 9.26 Å². The fourth-order valence-electron chi connectivity index (χ4n) is 3.89. The summed E-state index contributed by atoms with van der Waals surface area (Å²) in [6.07, 6.45) is 3.35. The van der Waals surface area contributed by atoms with Crippen LogP contribution >= 0.6 is 0 Å². The van der Waals surface area contributed by atoms with Gasteiger partial charge in [-0.15, -0.1) is 0 Å². The molecule has 1 aromatic heterocycles. The van der Waals surface area contributed by atoms with Gasteiger partial charge in [0.2, 0.25) is 0 Å². The van der Waals surface area contributed by atoms with Crippen LogP contribution < -0.4 is 0 Å². The molecule has 3 heterocycles. The van der Waals surface area contributed by atoms with E-state index < -0.39 is 0 Å². The van der Waals surface area contributed by atoms with Crippen molar-refractivity contribution in [3.8, 4) is 11.3 Å². The second kappa shape index (κ2) is 8.67. The lowest BCUT2D eigenvalue weighted by atomic mass is 9.93. The van der Waals surface area contributed by atoms with E-state index in [9.17, 15) is 4.79 Å². The number of hydrogen-bond acceptors (Lipinski definition) is 5. The van der Waals surface area contributed by atoms with Gasteiger partial charge in [-0.3, -0.25) is 9.69 Å². The second-order valence-electron chi connectivity index (χ2n) is 7.42. The van der Waals surface area contributed by atoms with Crippen LogP contribution in [-0.4, -0.2) is 66.8 Å². The smallest absolute Gasteiger partial charge is 0.276 e. The van der Waals surface area contributed by atoms with Gasteiger partial charge in [-0.05, 0) is 31.7 Å². The number of rotatable bonds is 5. The number of ether oxygens (including phenoxy) is 1. The molecule has 2 saturated heterocycles. The molecule has 27 heavy (non-hydrogen) atoms. The van der Waals surface area contributed by atoms with E-state index in [-0.39, 0.29) is 5.91 Å². The number of amides is 1. The highest BCUT2D eigenvalue weighted by Gasteiger charge is 2.26. The number of carbonyl (C=O) groups is 1. The lowest BCUT2D eigenvalue weighted by Gasteiger charge is -2.33. The minimum atomic E-state index is -0.0208. The van der Waals surface area contributed by atoms with E-state index in [0.717, 1.165) is 64.3 Å². The Kier molecular flexibility index (Phi) is 5.84. The molecule has 2 aromatic rings.